The van der Waals surface area contributed by atoms with Gasteiger partial charge in [-0.15, -0.1) is 0 Å². The lowest BCUT2D eigenvalue weighted by molar-refractivity contribution is -0.142. The molecule has 0 aromatic heterocycles. The van der Waals surface area contributed by atoms with Crippen molar-refractivity contribution in [2.75, 3.05) is 11.9 Å². The van der Waals surface area contributed by atoms with Crippen molar-refractivity contribution < 1.29 is 19.1 Å². The lowest BCUT2D eigenvalue weighted by atomic mass is 10.2. The van der Waals surface area contributed by atoms with Gasteiger partial charge in [0.1, 0.15) is 12.4 Å². The zero-order valence-electron chi connectivity index (χ0n) is 16.7. The number of ether oxygens (including phenoxy) is 2. The fourth-order valence-corrected chi connectivity index (χ4v) is 3.21. The minimum atomic E-state index is -0.634. The number of esters is 1. The average molecular weight is 491 g/mol. The van der Waals surface area contributed by atoms with Gasteiger partial charge in [0.2, 0.25) is 0 Å². The Labute approximate surface area is 200 Å². The normalized spacial score (nSPS) is 10.7. The minimum Gasteiger partial charge on any atom is -0.489 e. The molecule has 0 fully saturated rings. The molecule has 164 valence electrons. The predicted octanol–water partition coefficient (Wildman–Crippen LogP) is 6.42. The van der Waals surface area contributed by atoms with Crippen molar-refractivity contribution >= 4 is 58.4 Å². The van der Waals surface area contributed by atoms with Gasteiger partial charge in [0.25, 0.3) is 5.91 Å². The molecule has 32 heavy (non-hydrogen) atoms. The SMILES string of the molecule is O=C(COC(=O)/C=C/c1ccc(OCc2c(Cl)cccc2Cl)cc1)Nc1ccc(Cl)cc1. The Hall–Kier alpha value is -2.99. The van der Waals surface area contributed by atoms with Crippen molar-refractivity contribution in [3.05, 3.63) is 99.0 Å². The van der Waals surface area contributed by atoms with Crippen LogP contribution in [0, 0.1) is 0 Å². The summed E-state index contributed by atoms with van der Waals surface area (Å²) in [5.41, 5.74) is 2.03. The van der Waals surface area contributed by atoms with Gasteiger partial charge in [0.05, 0.1) is 0 Å². The van der Waals surface area contributed by atoms with E-state index in [4.69, 9.17) is 44.3 Å². The Morgan fingerprint density at radius 2 is 1.53 bits per heavy atom. The van der Waals surface area contributed by atoms with E-state index in [2.05, 4.69) is 5.32 Å². The van der Waals surface area contributed by atoms with Crippen LogP contribution < -0.4 is 10.1 Å². The molecule has 0 heterocycles. The quantitative estimate of drug-likeness (QED) is 0.292. The van der Waals surface area contributed by atoms with Crippen LogP contribution in [-0.4, -0.2) is 18.5 Å². The number of amides is 1. The van der Waals surface area contributed by atoms with Crippen LogP contribution in [0.25, 0.3) is 6.08 Å². The van der Waals surface area contributed by atoms with Gasteiger partial charge in [0, 0.05) is 32.4 Å². The van der Waals surface area contributed by atoms with E-state index in [1.807, 2.05) is 0 Å². The number of carbonyl (C=O) groups is 2. The summed E-state index contributed by atoms with van der Waals surface area (Å²) in [6, 6.07) is 18.9. The van der Waals surface area contributed by atoms with E-state index in [0.717, 1.165) is 5.56 Å². The van der Waals surface area contributed by atoms with E-state index < -0.39 is 18.5 Å². The summed E-state index contributed by atoms with van der Waals surface area (Å²) in [7, 11) is 0. The van der Waals surface area contributed by atoms with E-state index >= 15 is 0 Å². The highest BCUT2D eigenvalue weighted by Crippen LogP contribution is 2.26. The molecule has 8 heteroatoms. The van der Waals surface area contributed by atoms with Gasteiger partial charge < -0.3 is 14.8 Å². The molecule has 0 atom stereocenters. The standard InChI is InChI=1S/C24H18Cl3NO4/c25-17-7-9-18(10-8-17)28-23(29)15-32-24(30)13-6-16-4-11-19(12-5-16)31-14-20-21(26)2-1-3-22(20)27/h1-13H,14-15H2,(H,28,29)/b13-6+. The van der Waals surface area contributed by atoms with Gasteiger partial charge in [0.15, 0.2) is 6.61 Å². The van der Waals surface area contributed by atoms with Crippen LogP contribution >= 0.6 is 34.8 Å². The zero-order chi connectivity index (χ0) is 22.9. The summed E-state index contributed by atoms with van der Waals surface area (Å²) in [6.45, 7) is -0.165. The number of hydrogen-bond donors (Lipinski definition) is 1. The van der Waals surface area contributed by atoms with Crippen LogP contribution in [0.2, 0.25) is 15.1 Å². The molecule has 0 aliphatic rings. The fraction of sp³-hybridized carbons (Fsp3) is 0.0833. The monoisotopic (exact) mass is 489 g/mol. The minimum absolute atomic E-state index is 0.234. The maximum Gasteiger partial charge on any atom is 0.331 e. The molecule has 0 aliphatic carbocycles. The summed E-state index contributed by atoms with van der Waals surface area (Å²) >= 11 is 18.1. The first kappa shape index (κ1) is 23.7. The van der Waals surface area contributed by atoms with E-state index in [0.29, 0.717) is 32.1 Å². The van der Waals surface area contributed by atoms with Crippen LogP contribution in [0.4, 0.5) is 5.69 Å². The smallest absolute Gasteiger partial charge is 0.331 e. The van der Waals surface area contributed by atoms with Gasteiger partial charge in [-0.3, -0.25) is 4.79 Å². The highest BCUT2D eigenvalue weighted by atomic mass is 35.5. The van der Waals surface area contributed by atoms with E-state index in [1.54, 1.807) is 72.8 Å². The van der Waals surface area contributed by atoms with Crippen LogP contribution in [-0.2, 0) is 20.9 Å². The fourth-order valence-electron chi connectivity index (χ4n) is 2.58. The van der Waals surface area contributed by atoms with Gasteiger partial charge >= 0.3 is 5.97 Å². The van der Waals surface area contributed by atoms with E-state index in [-0.39, 0.29) is 6.61 Å². The number of halogens is 3. The molecular formula is C24H18Cl3NO4. The molecule has 1 N–H and O–H groups in total. The van der Waals surface area contributed by atoms with Crippen LogP contribution in [0.15, 0.2) is 72.8 Å². The third kappa shape index (κ3) is 7.31. The first-order chi connectivity index (χ1) is 15.4. The Morgan fingerprint density at radius 3 is 2.19 bits per heavy atom. The van der Waals surface area contributed by atoms with E-state index in [1.165, 1.54) is 6.08 Å². The third-order valence-corrected chi connectivity index (χ3v) is 5.17. The highest BCUT2D eigenvalue weighted by Gasteiger charge is 2.07. The van der Waals surface area contributed by atoms with Gasteiger partial charge in [-0.1, -0.05) is 53.0 Å². The lowest BCUT2D eigenvalue weighted by Gasteiger charge is -2.09. The second-order valence-corrected chi connectivity index (χ2v) is 7.80. The third-order valence-electron chi connectivity index (χ3n) is 4.21. The van der Waals surface area contributed by atoms with Gasteiger partial charge in [-0.05, 0) is 60.2 Å². The van der Waals surface area contributed by atoms with Crippen molar-refractivity contribution in [2.24, 2.45) is 0 Å². The van der Waals surface area contributed by atoms with Gasteiger partial charge in [-0.25, -0.2) is 4.79 Å². The molecule has 0 radical (unpaired) electrons. The Bertz CT molecular complexity index is 1090. The van der Waals surface area contributed by atoms with Crippen molar-refractivity contribution in [1.29, 1.82) is 0 Å². The summed E-state index contributed by atoms with van der Waals surface area (Å²) < 4.78 is 10.7. The molecule has 3 aromatic carbocycles. The molecule has 5 nitrogen and oxygen atoms in total. The largest absolute Gasteiger partial charge is 0.489 e. The number of rotatable bonds is 8. The summed E-state index contributed by atoms with van der Waals surface area (Å²) in [6.07, 6.45) is 2.82. The van der Waals surface area contributed by atoms with Crippen LogP contribution in [0.5, 0.6) is 5.75 Å². The maximum atomic E-state index is 11.9. The molecule has 3 rings (SSSR count). The Kier molecular flexibility index (Phi) is 8.56. The van der Waals surface area contributed by atoms with Crippen LogP contribution in [0.1, 0.15) is 11.1 Å². The topological polar surface area (TPSA) is 64.6 Å². The number of anilines is 1. The Balaban J connectivity index is 1.45. The molecular weight excluding hydrogens is 473 g/mol. The van der Waals surface area contributed by atoms with Crippen molar-refractivity contribution in [1.82, 2.24) is 0 Å². The predicted molar refractivity (Wildman–Crippen MR) is 127 cm³/mol. The van der Waals surface area contributed by atoms with Crippen molar-refractivity contribution in [2.45, 2.75) is 6.61 Å². The number of hydrogen-bond acceptors (Lipinski definition) is 4. The number of nitrogens with one attached hydrogen (secondary N) is 1. The number of carbonyl (C=O) groups excluding carboxylic acids is 2. The summed E-state index contributed by atoms with van der Waals surface area (Å²) in [4.78, 5) is 23.7. The molecule has 0 aliphatic heterocycles. The summed E-state index contributed by atoms with van der Waals surface area (Å²) in [5, 5.41) is 4.24. The van der Waals surface area contributed by atoms with Gasteiger partial charge in [-0.2, -0.15) is 0 Å². The van der Waals surface area contributed by atoms with Crippen LogP contribution in [0.3, 0.4) is 0 Å². The molecule has 0 unspecified atom stereocenters. The molecule has 0 spiro atoms. The first-order valence-electron chi connectivity index (χ1n) is 9.47. The molecule has 1 amide bonds. The molecule has 0 saturated heterocycles. The molecule has 0 bridgehead atoms. The second-order valence-electron chi connectivity index (χ2n) is 6.55. The van der Waals surface area contributed by atoms with Crippen molar-refractivity contribution in [3.63, 3.8) is 0 Å². The average Bonchev–Trinajstić information content (AvgIpc) is 2.78. The Morgan fingerprint density at radius 1 is 0.875 bits per heavy atom. The van der Waals surface area contributed by atoms with Crippen molar-refractivity contribution in [3.8, 4) is 5.75 Å². The lowest BCUT2D eigenvalue weighted by Crippen LogP contribution is -2.20. The molecule has 3 aromatic rings. The first-order valence-corrected chi connectivity index (χ1v) is 10.6. The molecule has 0 saturated carbocycles. The summed E-state index contributed by atoms with van der Waals surface area (Å²) in [5.74, 6) is -0.460. The highest BCUT2D eigenvalue weighted by molar-refractivity contribution is 6.36. The maximum absolute atomic E-state index is 11.9. The number of benzene rings is 3. The zero-order valence-corrected chi connectivity index (χ0v) is 19.0. The van der Waals surface area contributed by atoms with E-state index in [9.17, 15) is 9.59 Å². The second kappa shape index (κ2) is 11.6.